The van der Waals surface area contributed by atoms with Crippen molar-refractivity contribution in [2.45, 2.75) is 13.0 Å². The van der Waals surface area contributed by atoms with E-state index in [1.165, 1.54) is 7.11 Å². The van der Waals surface area contributed by atoms with Gasteiger partial charge in [0.25, 0.3) is 5.91 Å². The number of rotatable bonds is 3. The number of fused-ring (bicyclic) bond motifs is 2. The van der Waals surface area contributed by atoms with Gasteiger partial charge in [0.2, 0.25) is 5.95 Å². The van der Waals surface area contributed by atoms with Gasteiger partial charge in [-0.15, -0.1) is 0 Å². The molecule has 2 aromatic heterocycles. The van der Waals surface area contributed by atoms with Crippen LogP contribution < -0.4 is 10.6 Å². The van der Waals surface area contributed by atoms with Crippen LogP contribution in [0.25, 0.3) is 11.0 Å². The van der Waals surface area contributed by atoms with Crippen molar-refractivity contribution < 1.29 is 14.3 Å². The first-order valence-electron chi connectivity index (χ1n) is 8.63. The quantitative estimate of drug-likeness (QED) is 0.683. The highest BCUT2D eigenvalue weighted by Gasteiger charge is 2.21. The highest BCUT2D eigenvalue weighted by atomic mass is 16.5. The number of benzene rings is 1. The fourth-order valence-corrected chi connectivity index (χ4v) is 3.46. The predicted octanol–water partition coefficient (Wildman–Crippen LogP) is 0.718. The van der Waals surface area contributed by atoms with Crippen LogP contribution in [0.1, 0.15) is 26.7 Å². The summed E-state index contributed by atoms with van der Waals surface area (Å²) in [7, 11) is 3.32. The van der Waals surface area contributed by atoms with Crippen molar-refractivity contribution in [2.24, 2.45) is 12.8 Å². The van der Waals surface area contributed by atoms with Crippen molar-refractivity contribution in [3.05, 3.63) is 41.5 Å². The fraction of sp³-hybridized carbons (Fsp3) is 0.333. The number of amides is 1. The molecule has 0 saturated carbocycles. The molecule has 0 saturated heterocycles. The van der Waals surface area contributed by atoms with Crippen molar-refractivity contribution in [1.82, 2.24) is 19.1 Å². The average molecular weight is 368 g/mol. The molecule has 9 heteroatoms. The van der Waals surface area contributed by atoms with E-state index < -0.39 is 5.91 Å². The van der Waals surface area contributed by atoms with Crippen LogP contribution in [0.5, 0.6) is 0 Å². The van der Waals surface area contributed by atoms with Crippen molar-refractivity contribution >= 4 is 28.9 Å². The number of aromatic nitrogens is 4. The lowest BCUT2D eigenvalue weighted by Crippen LogP contribution is -2.29. The van der Waals surface area contributed by atoms with Gasteiger partial charge in [-0.25, -0.2) is 14.8 Å². The van der Waals surface area contributed by atoms with E-state index in [-0.39, 0.29) is 5.97 Å². The van der Waals surface area contributed by atoms with Gasteiger partial charge in [0.05, 0.1) is 23.7 Å². The van der Waals surface area contributed by atoms with Gasteiger partial charge >= 0.3 is 5.97 Å². The molecular formula is C18H20N6O3. The highest BCUT2D eigenvalue weighted by Crippen LogP contribution is 2.24. The number of anilines is 1. The lowest BCUT2D eigenvalue weighted by molar-refractivity contribution is 0.0600. The van der Waals surface area contributed by atoms with Gasteiger partial charge in [0.1, 0.15) is 11.5 Å². The van der Waals surface area contributed by atoms with Gasteiger partial charge in [-0.05, 0) is 18.2 Å². The van der Waals surface area contributed by atoms with Crippen molar-refractivity contribution in [1.29, 1.82) is 0 Å². The average Bonchev–Trinajstić information content (AvgIpc) is 3.16. The van der Waals surface area contributed by atoms with Gasteiger partial charge < -0.3 is 24.5 Å². The highest BCUT2D eigenvalue weighted by molar-refractivity contribution is 5.94. The van der Waals surface area contributed by atoms with E-state index in [0.717, 1.165) is 35.9 Å². The van der Waals surface area contributed by atoms with Gasteiger partial charge in [-0.2, -0.15) is 0 Å². The normalized spacial score (nSPS) is 14.1. The fourth-order valence-electron chi connectivity index (χ4n) is 3.46. The summed E-state index contributed by atoms with van der Waals surface area (Å²) < 4.78 is 8.77. The minimum Gasteiger partial charge on any atom is -0.465 e. The number of aryl methyl sites for hydroxylation is 1. The maximum Gasteiger partial charge on any atom is 0.337 e. The number of carbonyl (C=O) groups excluding carboxylic acids is 2. The molecule has 1 aliphatic heterocycles. The molecule has 27 heavy (non-hydrogen) atoms. The van der Waals surface area contributed by atoms with Gasteiger partial charge in [-0.1, -0.05) is 0 Å². The topological polar surface area (TPSA) is 108 Å². The maximum absolute atomic E-state index is 11.8. The van der Waals surface area contributed by atoms with E-state index in [9.17, 15) is 9.59 Å². The zero-order valence-corrected chi connectivity index (χ0v) is 15.2. The Morgan fingerprint density at radius 1 is 1.19 bits per heavy atom. The predicted molar refractivity (Wildman–Crippen MR) is 98.7 cm³/mol. The number of imidazole rings is 2. The summed E-state index contributed by atoms with van der Waals surface area (Å²) in [6, 6.07) is 5.36. The minimum absolute atomic E-state index is 0.302. The summed E-state index contributed by atoms with van der Waals surface area (Å²) in [5, 5.41) is 0. The Hall–Kier alpha value is -3.36. The Labute approximate surface area is 155 Å². The molecule has 9 nitrogen and oxygen atoms in total. The molecule has 2 N–H and O–H groups in total. The molecule has 140 valence electrons. The third kappa shape index (κ3) is 2.90. The van der Waals surface area contributed by atoms with Gasteiger partial charge in [0, 0.05) is 39.3 Å². The standard InChI is InChI=1S/C18H20N6O3/c1-22-14-4-3-11(17(26)27-2)9-12(14)21-18(22)23-6-5-15-20-13(16(19)25)10-24(15)8-7-23/h3-4,9-10H,5-8H2,1-2H3,(H2,19,25). The Balaban J connectivity index is 1.62. The van der Waals surface area contributed by atoms with Crippen LogP contribution in [-0.2, 0) is 24.8 Å². The van der Waals surface area contributed by atoms with E-state index in [0.29, 0.717) is 24.2 Å². The molecule has 3 aromatic rings. The van der Waals surface area contributed by atoms with Crippen LogP contribution >= 0.6 is 0 Å². The second-order valence-electron chi connectivity index (χ2n) is 6.50. The molecular weight excluding hydrogens is 348 g/mol. The first-order valence-corrected chi connectivity index (χ1v) is 8.63. The molecule has 0 bridgehead atoms. The summed E-state index contributed by atoms with van der Waals surface area (Å²) in [5.74, 6) is 0.782. The summed E-state index contributed by atoms with van der Waals surface area (Å²) in [4.78, 5) is 34.3. The molecule has 1 aromatic carbocycles. The molecule has 4 rings (SSSR count). The Morgan fingerprint density at radius 2 is 2.00 bits per heavy atom. The Bertz CT molecular complexity index is 1030. The molecule has 1 aliphatic rings. The molecule has 0 unspecified atom stereocenters. The van der Waals surface area contributed by atoms with E-state index >= 15 is 0 Å². The van der Waals surface area contributed by atoms with Crippen LogP contribution in [0, 0.1) is 0 Å². The number of carbonyl (C=O) groups is 2. The summed E-state index contributed by atoms with van der Waals surface area (Å²) in [5.41, 5.74) is 7.78. The zero-order valence-electron chi connectivity index (χ0n) is 15.2. The first-order chi connectivity index (χ1) is 13.0. The number of esters is 1. The number of nitrogens with zero attached hydrogens (tertiary/aromatic N) is 5. The summed E-state index contributed by atoms with van der Waals surface area (Å²) >= 11 is 0. The molecule has 0 radical (unpaired) electrons. The van der Waals surface area contributed by atoms with Crippen LogP contribution in [-0.4, -0.2) is 51.2 Å². The van der Waals surface area contributed by atoms with Crippen LogP contribution in [0.15, 0.2) is 24.4 Å². The van der Waals surface area contributed by atoms with E-state index in [4.69, 9.17) is 15.5 Å². The number of primary amides is 1. The molecule has 1 amide bonds. The Kier molecular flexibility index (Phi) is 4.06. The van der Waals surface area contributed by atoms with Crippen molar-refractivity contribution in [3.63, 3.8) is 0 Å². The number of methoxy groups -OCH3 is 1. The zero-order chi connectivity index (χ0) is 19.1. The monoisotopic (exact) mass is 368 g/mol. The van der Waals surface area contributed by atoms with Crippen LogP contribution in [0.4, 0.5) is 5.95 Å². The van der Waals surface area contributed by atoms with Crippen LogP contribution in [0.2, 0.25) is 0 Å². The molecule has 3 heterocycles. The number of hydrogen-bond acceptors (Lipinski definition) is 6. The lowest BCUT2D eigenvalue weighted by Gasteiger charge is -2.21. The van der Waals surface area contributed by atoms with E-state index in [1.807, 2.05) is 22.2 Å². The third-order valence-electron chi connectivity index (χ3n) is 4.89. The van der Waals surface area contributed by atoms with E-state index in [1.54, 1.807) is 18.3 Å². The number of hydrogen-bond donors (Lipinski definition) is 1. The summed E-state index contributed by atoms with van der Waals surface area (Å²) in [6.07, 6.45) is 2.39. The smallest absolute Gasteiger partial charge is 0.337 e. The second-order valence-corrected chi connectivity index (χ2v) is 6.50. The van der Waals surface area contributed by atoms with Crippen molar-refractivity contribution in [3.8, 4) is 0 Å². The van der Waals surface area contributed by atoms with Crippen molar-refractivity contribution in [2.75, 3.05) is 25.1 Å². The first kappa shape index (κ1) is 17.1. The SMILES string of the molecule is COC(=O)c1ccc2c(c1)nc(N1CCc3nc(C(N)=O)cn3CC1)n2C. The van der Waals surface area contributed by atoms with E-state index in [2.05, 4.69) is 9.88 Å². The second kappa shape index (κ2) is 6.42. The molecule has 0 aliphatic carbocycles. The third-order valence-corrected chi connectivity index (χ3v) is 4.89. The molecule has 0 atom stereocenters. The molecule has 0 fully saturated rings. The largest absolute Gasteiger partial charge is 0.465 e. The van der Waals surface area contributed by atoms with Gasteiger partial charge in [0.15, 0.2) is 0 Å². The Morgan fingerprint density at radius 3 is 2.74 bits per heavy atom. The maximum atomic E-state index is 11.8. The summed E-state index contributed by atoms with van der Waals surface area (Å²) in [6.45, 7) is 2.13. The molecule has 0 spiro atoms. The van der Waals surface area contributed by atoms with Gasteiger partial charge in [-0.3, -0.25) is 4.79 Å². The number of ether oxygens (including phenoxy) is 1. The minimum atomic E-state index is -0.510. The lowest BCUT2D eigenvalue weighted by atomic mass is 10.2. The number of nitrogens with two attached hydrogens (primary N) is 1. The van der Waals surface area contributed by atoms with Crippen LogP contribution in [0.3, 0.4) is 0 Å².